The predicted molar refractivity (Wildman–Crippen MR) is 82.4 cm³/mol. The summed E-state index contributed by atoms with van der Waals surface area (Å²) in [4.78, 5) is 1.19. The minimum absolute atomic E-state index is 0.0321. The summed E-state index contributed by atoms with van der Waals surface area (Å²) < 4.78 is 25.4. The third-order valence-corrected chi connectivity index (χ3v) is 3.85. The number of rotatable bonds is 2. The van der Waals surface area contributed by atoms with Gasteiger partial charge < -0.3 is 10.8 Å². The molecule has 0 fully saturated rings. The molecule has 20 heavy (non-hydrogen) atoms. The van der Waals surface area contributed by atoms with E-state index in [1.807, 2.05) is 6.26 Å². The van der Waals surface area contributed by atoms with Gasteiger partial charge in [0.2, 0.25) is 0 Å². The van der Waals surface area contributed by atoms with E-state index in [0.717, 1.165) is 6.07 Å². The first-order valence-corrected chi connectivity index (χ1v) is 8.04. The van der Waals surface area contributed by atoms with Crippen LogP contribution in [0.2, 0.25) is 0 Å². The van der Waals surface area contributed by atoms with E-state index in [2.05, 4.69) is 0 Å². The van der Waals surface area contributed by atoms with Crippen molar-refractivity contribution in [2.75, 3.05) is 18.2 Å². The number of hydrogen-bond acceptors (Lipinski definition) is 4. The zero-order valence-corrected chi connectivity index (χ0v) is 12.7. The molecule has 0 saturated carbocycles. The Balaban J connectivity index is 0.000000200. The van der Waals surface area contributed by atoms with Crippen LogP contribution < -0.4 is 5.73 Å². The zero-order valence-electron chi connectivity index (χ0n) is 11.1. The molecule has 2 nitrogen and oxygen atoms in total. The number of halogens is 2. The fourth-order valence-corrected chi connectivity index (χ4v) is 2.25. The molecule has 108 valence electrons. The third kappa shape index (κ3) is 4.94. The highest BCUT2D eigenvalue weighted by Gasteiger charge is 1.99. The molecule has 6 heteroatoms. The van der Waals surface area contributed by atoms with Gasteiger partial charge >= 0.3 is 0 Å². The molecule has 0 spiro atoms. The summed E-state index contributed by atoms with van der Waals surface area (Å²) in [6.07, 6.45) is 3.62. The lowest BCUT2D eigenvalue weighted by Crippen LogP contribution is -1.86. The molecule has 0 heterocycles. The molecule has 2 aromatic rings. The quantitative estimate of drug-likeness (QED) is 0.637. The Bertz CT molecular complexity index is 528. The zero-order chi connectivity index (χ0) is 15.1. The normalized spacial score (nSPS) is 9.80. The predicted octanol–water partition coefficient (Wildman–Crippen LogP) is 4.38. The highest BCUT2D eigenvalue weighted by atomic mass is 32.2. The Morgan fingerprint density at radius 3 is 1.85 bits per heavy atom. The number of phenolic OH excluding ortho intramolecular Hbond substituents is 1. The van der Waals surface area contributed by atoms with Crippen LogP contribution >= 0.6 is 23.5 Å². The molecular formula is C14H15F2NOS2. The van der Waals surface area contributed by atoms with Crippen LogP contribution in [0, 0.1) is 11.6 Å². The first-order chi connectivity index (χ1) is 9.47. The Morgan fingerprint density at radius 1 is 0.900 bits per heavy atom. The van der Waals surface area contributed by atoms with E-state index < -0.39 is 0 Å². The van der Waals surface area contributed by atoms with Gasteiger partial charge in [0.25, 0.3) is 0 Å². The molecule has 0 aliphatic carbocycles. The lowest BCUT2D eigenvalue weighted by Gasteiger charge is -1.98. The fraction of sp³-hybridized carbons (Fsp3) is 0.143. The molecule has 0 amide bonds. The van der Waals surface area contributed by atoms with Crippen LogP contribution in [0.25, 0.3) is 0 Å². The van der Waals surface area contributed by atoms with E-state index in [4.69, 9.17) is 10.8 Å². The minimum atomic E-state index is -0.368. The van der Waals surface area contributed by atoms with E-state index in [1.165, 1.54) is 35.7 Å². The largest absolute Gasteiger partial charge is 0.508 e. The fourth-order valence-electron chi connectivity index (χ4n) is 1.34. The number of aromatic hydroxyl groups is 1. The van der Waals surface area contributed by atoms with Gasteiger partial charge in [-0.2, -0.15) is 0 Å². The second kappa shape index (κ2) is 8.01. The van der Waals surface area contributed by atoms with E-state index in [-0.39, 0.29) is 17.4 Å². The Kier molecular flexibility index (Phi) is 6.67. The van der Waals surface area contributed by atoms with E-state index in [9.17, 15) is 8.78 Å². The average Bonchev–Trinajstić information content (AvgIpc) is 2.40. The number of hydrogen-bond donors (Lipinski definition) is 2. The molecule has 0 unspecified atom stereocenters. The highest BCUT2D eigenvalue weighted by Crippen LogP contribution is 2.22. The molecule has 0 aromatic heterocycles. The van der Waals surface area contributed by atoms with Gasteiger partial charge in [0, 0.05) is 21.5 Å². The van der Waals surface area contributed by atoms with Crippen molar-refractivity contribution in [3.63, 3.8) is 0 Å². The van der Waals surface area contributed by atoms with Gasteiger partial charge in [0.15, 0.2) is 0 Å². The molecular weight excluding hydrogens is 300 g/mol. The molecule has 0 radical (unpaired) electrons. The second-order valence-corrected chi connectivity index (χ2v) is 5.41. The number of nitrogens with two attached hydrogens (primary N) is 1. The molecule has 0 aliphatic heterocycles. The summed E-state index contributed by atoms with van der Waals surface area (Å²) in [6.45, 7) is 0. The van der Waals surface area contributed by atoms with Crippen molar-refractivity contribution in [1.29, 1.82) is 0 Å². The number of phenols is 1. The van der Waals surface area contributed by atoms with Crippen LogP contribution in [0.15, 0.2) is 46.2 Å². The van der Waals surface area contributed by atoms with Crippen LogP contribution in [-0.2, 0) is 0 Å². The SMILES string of the molecule is CSc1ccc(N)cc1F.CSc1ccc(O)cc1F. The summed E-state index contributed by atoms with van der Waals surface area (Å²) in [5.74, 6) is -0.643. The lowest BCUT2D eigenvalue weighted by molar-refractivity contribution is 0.466. The number of thioether (sulfide) groups is 2. The summed E-state index contributed by atoms with van der Waals surface area (Å²) in [5.41, 5.74) is 5.80. The monoisotopic (exact) mass is 315 g/mol. The summed E-state index contributed by atoms with van der Waals surface area (Å²) in [6, 6.07) is 8.81. The number of anilines is 1. The van der Waals surface area contributed by atoms with Crippen LogP contribution in [0.1, 0.15) is 0 Å². The molecule has 0 bridgehead atoms. The van der Waals surface area contributed by atoms with E-state index in [0.29, 0.717) is 15.5 Å². The van der Waals surface area contributed by atoms with Gasteiger partial charge in [0.1, 0.15) is 17.4 Å². The lowest BCUT2D eigenvalue weighted by atomic mass is 10.3. The average molecular weight is 315 g/mol. The molecule has 0 atom stereocenters. The first kappa shape index (κ1) is 16.7. The number of nitrogen functional groups attached to an aromatic ring is 1. The third-order valence-electron chi connectivity index (χ3n) is 2.31. The van der Waals surface area contributed by atoms with Gasteiger partial charge in [-0.3, -0.25) is 0 Å². The van der Waals surface area contributed by atoms with Crippen molar-refractivity contribution in [2.45, 2.75) is 9.79 Å². The van der Waals surface area contributed by atoms with E-state index in [1.54, 1.807) is 24.5 Å². The Morgan fingerprint density at radius 2 is 1.40 bits per heavy atom. The summed E-state index contributed by atoms with van der Waals surface area (Å²) >= 11 is 2.69. The summed E-state index contributed by atoms with van der Waals surface area (Å²) in [5, 5.41) is 8.78. The maximum atomic E-state index is 12.7. The maximum Gasteiger partial charge on any atom is 0.140 e. The molecule has 3 N–H and O–H groups in total. The molecule has 2 rings (SSSR count). The van der Waals surface area contributed by atoms with Crippen LogP contribution in [0.3, 0.4) is 0 Å². The summed E-state index contributed by atoms with van der Waals surface area (Å²) in [7, 11) is 0. The second-order valence-electron chi connectivity index (χ2n) is 3.71. The van der Waals surface area contributed by atoms with Gasteiger partial charge in [-0.15, -0.1) is 23.5 Å². The molecule has 0 aliphatic rings. The minimum Gasteiger partial charge on any atom is -0.508 e. The first-order valence-electron chi connectivity index (χ1n) is 5.59. The smallest absolute Gasteiger partial charge is 0.140 e. The van der Waals surface area contributed by atoms with Crippen molar-refractivity contribution in [1.82, 2.24) is 0 Å². The highest BCUT2D eigenvalue weighted by molar-refractivity contribution is 7.98. The van der Waals surface area contributed by atoms with Crippen molar-refractivity contribution in [3.05, 3.63) is 48.0 Å². The van der Waals surface area contributed by atoms with Gasteiger partial charge in [-0.05, 0) is 42.8 Å². The van der Waals surface area contributed by atoms with Gasteiger partial charge in [-0.25, -0.2) is 8.78 Å². The topological polar surface area (TPSA) is 46.2 Å². The van der Waals surface area contributed by atoms with Crippen LogP contribution in [-0.4, -0.2) is 17.6 Å². The molecule has 0 saturated heterocycles. The van der Waals surface area contributed by atoms with Crippen molar-refractivity contribution in [3.8, 4) is 5.75 Å². The van der Waals surface area contributed by atoms with Crippen molar-refractivity contribution < 1.29 is 13.9 Å². The van der Waals surface area contributed by atoms with E-state index >= 15 is 0 Å². The Hall–Kier alpha value is -1.40. The van der Waals surface area contributed by atoms with Gasteiger partial charge in [0.05, 0.1) is 0 Å². The molecule has 2 aromatic carbocycles. The maximum absolute atomic E-state index is 12.7. The Labute approximate surface area is 125 Å². The standard InChI is InChI=1S/C7H8FNS.C7H7FOS/c2*1-10-7-3-2-5(9)4-6(7)8/h2-4H,9H2,1H3;2-4,9H,1H3. The van der Waals surface area contributed by atoms with Gasteiger partial charge in [-0.1, -0.05) is 0 Å². The number of benzene rings is 2. The van der Waals surface area contributed by atoms with Crippen molar-refractivity contribution in [2.24, 2.45) is 0 Å². The van der Waals surface area contributed by atoms with Crippen molar-refractivity contribution >= 4 is 29.2 Å². The van der Waals surface area contributed by atoms with Crippen LogP contribution in [0.5, 0.6) is 5.75 Å². The van der Waals surface area contributed by atoms with Crippen LogP contribution in [0.4, 0.5) is 14.5 Å².